The maximum atomic E-state index is 11.5. The van der Waals surface area contributed by atoms with E-state index in [1.807, 2.05) is 12.1 Å². The van der Waals surface area contributed by atoms with Crippen LogP contribution in [0.2, 0.25) is 0 Å². The van der Waals surface area contributed by atoms with Crippen molar-refractivity contribution in [2.45, 2.75) is 37.5 Å². The molecule has 1 aliphatic rings. The van der Waals surface area contributed by atoms with Crippen LogP contribution in [0.25, 0.3) is 0 Å². The van der Waals surface area contributed by atoms with Crippen LogP contribution in [0.4, 0.5) is 5.69 Å². The van der Waals surface area contributed by atoms with Gasteiger partial charge in [-0.2, -0.15) is 0 Å². The van der Waals surface area contributed by atoms with E-state index >= 15 is 0 Å². The SMILES string of the molecule is Nc1ccc(C2(C(=O)O)CCCCC2)cc1. The summed E-state index contributed by atoms with van der Waals surface area (Å²) in [6.45, 7) is 0. The number of anilines is 1. The van der Waals surface area contributed by atoms with Crippen LogP contribution in [-0.4, -0.2) is 11.1 Å². The van der Waals surface area contributed by atoms with Gasteiger partial charge in [0.1, 0.15) is 0 Å². The number of hydrogen-bond donors (Lipinski definition) is 2. The van der Waals surface area contributed by atoms with Gasteiger partial charge in [0, 0.05) is 5.69 Å². The highest BCUT2D eigenvalue weighted by Crippen LogP contribution is 2.39. The molecule has 86 valence electrons. The Balaban J connectivity index is 2.38. The zero-order valence-electron chi connectivity index (χ0n) is 9.28. The van der Waals surface area contributed by atoms with Crippen molar-refractivity contribution in [2.75, 3.05) is 5.73 Å². The topological polar surface area (TPSA) is 63.3 Å². The van der Waals surface area contributed by atoms with Crippen LogP contribution >= 0.6 is 0 Å². The standard InChI is InChI=1S/C13H17NO2/c14-11-6-4-10(5-7-11)13(12(15)16)8-2-1-3-9-13/h4-7H,1-3,8-9,14H2,(H,15,16). The van der Waals surface area contributed by atoms with E-state index in [1.165, 1.54) is 0 Å². The number of rotatable bonds is 2. The third kappa shape index (κ3) is 1.77. The largest absolute Gasteiger partial charge is 0.481 e. The molecule has 0 saturated heterocycles. The summed E-state index contributed by atoms with van der Waals surface area (Å²) >= 11 is 0. The third-order valence-corrected chi connectivity index (χ3v) is 3.58. The maximum absolute atomic E-state index is 11.5. The van der Waals surface area contributed by atoms with E-state index in [1.54, 1.807) is 12.1 Å². The van der Waals surface area contributed by atoms with Gasteiger partial charge in [-0.15, -0.1) is 0 Å². The highest BCUT2D eigenvalue weighted by molar-refractivity contribution is 5.81. The van der Waals surface area contributed by atoms with Crippen LogP contribution in [0.3, 0.4) is 0 Å². The number of nitrogen functional groups attached to an aromatic ring is 1. The van der Waals surface area contributed by atoms with Gasteiger partial charge in [0.25, 0.3) is 0 Å². The normalized spacial score (nSPS) is 19.2. The number of hydrogen-bond acceptors (Lipinski definition) is 2. The molecular formula is C13H17NO2. The summed E-state index contributed by atoms with van der Waals surface area (Å²) in [5, 5.41) is 9.48. The van der Waals surface area contributed by atoms with Crippen LogP contribution in [-0.2, 0) is 10.2 Å². The molecule has 0 aliphatic heterocycles. The monoisotopic (exact) mass is 219 g/mol. The van der Waals surface area contributed by atoms with Crippen LogP contribution in [0.1, 0.15) is 37.7 Å². The van der Waals surface area contributed by atoms with E-state index in [-0.39, 0.29) is 0 Å². The number of carbonyl (C=O) groups is 1. The summed E-state index contributed by atoms with van der Waals surface area (Å²) in [4.78, 5) is 11.5. The molecule has 0 amide bonds. The van der Waals surface area contributed by atoms with Crippen molar-refractivity contribution in [3.8, 4) is 0 Å². The molecule has 0 heterocycles. The summed E-state index contributed by atoms with van der Waals surface area (Å²) in [5.74, 6) is -0.697. The minimum absolute atomic E-state index is 0.675. The van der Waals surface area contributed by atoms with Crippen LogP contribution in [0.15, 0.2) is 24.3 Å². The predicted octanol–water partition coefficient (Wildman–Crippen LogP) is 2.56. The van der Waals surface area contributed by atoms with E-state index in [0.29, 0.717) is 5.69 Å². The van der Waals surface area contributed by atoms with Crippen LogP contribution in [0.5, 0.6) is 0 Å². The van der Waals surface area contributed by atoms with E-state index in [0.717, 1.165) is 37.7 Å². The molecule has 0 bridgehead atoms. The van der Waals surface area contributed by atoms with Gasteiger partial charge in [-0.1, -0.05) is 31.4 Å². The van der Waals surface area contributed by atoms with Crippen LogP contribution < -0.4 is 5.73 Å². The molecule has 1 aromatic carbocycles. The van der Waals surface area contributed by atoms with Gasteiger partial charge >= 0.3 is 5.97 Å². The van der Waals surface area contributed by atoms with Gasteiger partial charge in [-0.3, -0.25) is 4.79 Å². The lowest BCUT2D eigenvalue weighted by molar-refractivity contribution is -0.145. The number of carboxylic acid groups (broad SMARTS) is 1. The van der Waals surface area contributed by atoms with E-state index < -0.39 is 11.4 Å². The summed E-state index contributed by atoms with van der Waals surface area (Å²) in [7, 11) is 0. The fraction of sp³-hybridized carbons (Fsp3) is 0.462. The molecule has 3 nitrogen and oxygen atoms in total. The summed E-state index contributed by atoms with van der Waals surface area (Å²) in [5.41, 5.74) is 6.53. The molecule has 2 rings (SSSR count). The van der Waals surface area contributed by atoms with E-state index in [4.69, 9.17) is 5.73 Å². The summed E-state index contributed by atoms with van der Waals surface area (Å²) < 4.78 is 0. The number of benzene rings is 1. The minimum atomic E-state index is -0.697. The maximum Gasteiger partial charge on any atom is 0.314 e. The average Bonchev–Trinajstić information content (AvgIpc) is 2.30. The molecule has 0 unspecified atom stereocenters. The zero-order valence-corrected chi connectivity index (χ0v) is 9.28. The zero-order chi connectivity index (χ0) is 11.6. The molecule has 1 saturated carbocycles. The van der Waals surface area contributed by atoms with Crippen molar-refractivity contribution in [1.82, 2.24) is 0 Å². The Labute approximate surface area is 95.3 Å². The molecule has 0 spiro atoms. The lowest BCUT2D eigenvalue weighted by Crippen LogP contribution is -2.37. The second kappa shape index (κ2) is 4.16. The Kier molecular flexibility index (Phi) is 2.86. The Bertz CT molecular complexity index is 377. The highest BCUT2D eigenvalue weighted by Gasteiger charge is 2.40. The third-order valence-electron chi connectivity index (χ3n) is 3.58. The van der Waals surface area contributed by atoms with Crippen molar-refractivity contribution in [3.63, 3.8) is 0 Å². The summed E-state index contributed by atoms with van der Waals surface area (Å²) in [6.07, 6.45) is 4.62. The molecule has 3 heteroatoms. The first-order chi connectivity index (χ1) is 7.65. The van der Waals surface area contributed by atoms with Gasteiger partial charge in [0.15, 0.2) is 0 Å². The van der Waals surface area contributed by atoms with Crippen molar-refractivity contribution in [2.24, 2.45) is 0 Å². The Morgan fingerprint density at radius 1 is 1.12 bits per heavy atom. The molecule has 0 radical (unpaired) electrons. The Hall–Kier alpha value is -1.51. The highest BCUT2D eigenvalue weighted by atomic mass is 16.4. The summed E-state index contributed by atoms with van der Waals surface area (Å²) in [6, 6.07) is 7.28. The number of aliphatic carboxylic acids is 1. The van der Waals surface area contributed by atoms with E-state index in [2.05, 4.69) is 0 Å². The lowest BCUT2D eigenvalue weighted by Gasteiger charge is -2.33. The first kappa shape index (κ1) is 11.0. The molecule has 0 aromatic heterocycles. The van der Waals surface area contributed by atoms with Crippen molar-refractivity contribution < 1.29 is 9.90 Å². The minimum Gasteiger partial charge on any atom is -0.481 e. The molecule has 1 aliphatic carbocycles. The lowest BCUT2D eigenvalue weighted by atomic mass is 9.69. The Morgan fingerprint density at radius 3 is 2.19 bits per heavy atom. The average molecular weight is 219 g/mol. The number of carboxylic acids is 1. The second-order valence-corrected chi connectivity index (χ2v) is 4.57. The van der Waals surface area contributed by atoms with Crippen molar-refractivity contribution >= 4 is 11.7 Å². The van der Waals surface area contributed by atoms with Gasteiger partial charge in [-0.25, -0.2) is 0 Å². The molecule has 1 aromatic rings. The van der Waals surface area contributed by atoms with Gasteiger partial charge in [-0.05, 0) is 30.5 Å². The number of nitrogens with two attached hydrogens (primary N) is 1. The van der Waals surface area contributed by atoms with Gasteiger partial charge in [0.2, 0.25) is 0 Å². The second-order valence-electron chi connectivity index (χ2n) is 4.57. The van der Waals surface area contributed by atoms with E-state index in [9.17, 15) is 9.90 Å². The van der Waals surface area contributed by atoms with Crippen molar-refractivity contribution in [3.05, 3.63) is 29.8 Å². The fourth-order valence-corrected chi connectivity index (χ4v) is 2.58. The molecule has 3 N–H and O–H groups in total. The van der Waals surface area contributed by atoms with Gasteiger partial charge in [0.05, 0.1) is 5.41 Å². The molecule has 0 atom stereocenters. The Morgan fingerprint density at radius 2 is 1.69 bits per heavy atom. The first-order valence-electron chi connectivity index (χ1n) is 5.74. The first-order valence-corrected chi connectivity index (χ1v) is 5.74. The van der Waals surface area contributed by atoms with Gasteiger partial charge < -0.3 is 10.8 Å². The molecule has 1 fully saturated rings. The quantitative estimate of drug-likeness (QED) is 0.751. The van der Waals surface area contributed by atoms with Crippen molar-refractivity contribution in [1.29, 1.82) is 0 Å². The van der Waals surface area contributed by atoms with Crippen LogP contribution in [0, 0.1) is 0 Å². The molecular weight excluding hydrogens is 202 g/mol. The smallest absolute Gasteiger partial charge is 0.314 e. The molecule has 16 heavy (non-hydrogen) atoms. The fourth-order valence-electron chi connectivity index (χ4n) is 2.58. The predicted molar refractivity (Wildman–Crippen MR) is 63.3 cm³/mol.